The van der Waals surface area contributed by atoms with Gasteiger partial charge in [-0.3, -0.25) is 0 Å². The summed E-state index contributed by atoms with van der Waals surface area (Å²) in [6.07, 6.45) is 5.16. The van der Waals surface area contributed by atoms with E-state index in [9.17, 15) is 0 Å². The lowest BCUT2D eigenvalue weighted by atomic mass is 10.1. The molecule has 0 radical (unpaired) electrons. The molecule has 112 valence electrons. The highest BCUT2D eigenvalue weighted by molar-refractivity contribution is 9.10. The van der Waals surface area contributed by atoms with Crippen LogP contribution in [0.15, 0.2) is 28.7 Å². The number of ether oxygens (including phenoxy) is 1. The van der Waals surface area contributed by atoms with E-state index in [-0.39, 0.29) is 6.10 Å². The molecule has 20 heavy (non-hydrogen) atoms. The van der Waals surface area contributed by atoms with Crippen molar-refractivity contribution in [3.05, 3.63) is 34.3 Å². The zero-order chi connectivity index (χ0) is 14.4. The Balaban J connectivity index is 1.87. The van der Waals surface area contributed by atoms with Crippen LogP contribution >= 0.6 is 15.9 Å². The summed E-state index contributed by atoms with van der Waals surface area (Å²) < 4.78 is 7.29. The van der Waals surface area contributed by atoms with Crippen molar-refractivity contribution in [3.63, 3.8) is 0 Å². The summed E-state index contributed by atoms with van der Waals surface area (Å²) in [5, 5.41) is 3.59. The zero-order valence-corrected chi connectivity index (χ0v) is 14.2. The van der Waals surface area contributed by atoms with E-state index in [1.165, 1.54) is 24.8 Å². The highest BCUT2D eigenvalue weighted by Crippen LogP contribution is 2.27. The average molecular weight is 340 g/mol. The first-order valence-electron chi connectivity index (χ1n) is 7.76. The first-order chi connectivity index (χ1) is 9.66. The summed E-state index contributed by atoms with van der Waals surface area (Å²) in [4.78, 5) is 0. The Morgan fingerprint density at radius 1 is 1.30 bits per heavy atom. The fourth-order valence-electron chi connectivity index (χ4n) is 2.27. The monoisotopic (exact) mass is 339 g/mol. The van der Waals surface area contributed by atoms with Crippen molar-refractivity contribution in [1.29, 1.82) is 0 Å². The Morgan fingerprint density at radius 3 is 2.70 bits per heavy atom. The summed E-state index contributed by atoms with van der Waals surface area (Å²) in [7, 11) is 0. The molecule has 1 fully saturated rings. The molecule has 0 heterocycles. The van der Waals surface area contributed by atoms with Gasteiger partial charge in [0.2, 0.25) is 0 Å². The van der Waals surface area contributed by atoms with Gasteiger partial charge in [-0.05, 0) is 43.2 Å². The number of nitrogens with one attached hydrogen (secondary N) is 1. The summed E-state index contributed by atoms with van der Waals surface area (Å²) in [6.45, 7) is 6.28. The van der Waals surface area contributed by atoms with E-state index in [1.54, 1.807) is 0 Å². The molecule has 1 aromatic carbocycles. The molecule has 0 amide bonds. The molecule has 1 aromatic rings. The van der Waals surface area contributed by atoms with Crippen LogP contribution < -0.4 is 5.32 Å². The molecule has 0 aliphatic heterocycles. The molecule has 1 aliphatic rings. The van der Waals surface area contributed by atoms with Gasteiger partial charge < -0.3 is 10.1 Å². The second-order valence-electron chi connectivity index (χ2n) is 6.10. The molecule has 0 aromatic heterocycles. The SMILES string of the molecule is CC(C)CCCOC(CNC1CC1)c1ccccc1Br. The summed E-state index contributed by atoms with van der Waals surface area (Å²) in [6, 6.07) is 9.11. The van der Waals surface area contributed by atoms with Crippen molar-refractivity contribution < 1.29 is 4.74 Å². The van der Waals surface area contributed by atoms with Crippen LogP contribution in [0.3, 0.4) is 0 Å². The fourth-order valence-corrected chi connectivity index (χ4v) is 2.81. The Kier molecular flexibility index (Phi) is 6.53. The van der Waals surface area contributed by atoms with Gasteiger partial charge in [-0.25, -0.2) is 0 Å². The predicted octanol–water partition coefficient (Wildman–Crippen LogP) is 4.70. The van der Waals surface area contributed by atoms with Gasteiger partial charge in [0.15, 0.2) is 0 Å². The third-order valence-corrected chi connectivity index (χ3v) is 4.39. The maximum absolute atomic E-state index is 6.15. The summed E-state index contributed by atoms with van der Waals surface area (Å²) in [5.74, 6) is 0.755. The van der Waals surface area contributed by atoms with Crippen LogP contribution in [-0.2, 0) is 4.74 Å². The number of hydrogen-bond donors (Lipinski definition) is 1. The topological polar surface area (TPSA) is 21.3 Å². The third kappa shape index (κ3) is 5.55. The molecule has 3 heteroatoms. The van der Waals surface area contributed by atoms with Crippen LogP contribution in [0, 0.1) is 5.92 Å². The minimum absolute atomic E-state index is 0.151. The number of halogens is 1. The summed E-state index contributed by atoms with van der Waals surface area (Å²) >= 11 is 3.64. The zero-order valence-electron chi connectivity index (χ0n) is 12.6. The maximum atomic E-state index is 6.15. The molecule has 0 bridgehead atoms. The lowest BCUT2D eigenvalue weighted by molar-refractivity contribution is 0.0480. The van der Waals surface area contributed by atoms with Crippen molar-refractivity contribution in [1.82, 2.24) is 5.32 Å². The maximum Gasteiger partial charge on any atom is 0.0960 e. The standard InChI is InChI=1S/C17H26BrNO/c1-13(2)6-5-11-20-17(12-19-14-9-10-14)15-7-3-4-8-16(15)18/h3-4,7-8,13-14,17,19H,5-6,9-12H2,1-2H3. The number of hydrogen-bond acceptors (Lipinski definition) is 2. The van der Waals surface area contributed by atoms with Crippen LogP contribution in [-0.4, -0.2) is 19.2 Å². The van der Waals surface area contributed by atoms with E-state index in [0.29, 0.717) is 0 Å². The molecule has 1 saturated carbocycles. The molecule has 1 N–H and O–H groups in total. The van der Waals surface area contributed by atoms with Gasteiger partial charge in [0.1, 0.15) is 0 Å². The average Bonchev–Trinajstić information content (AvgIpc) is 3.23. The lowest BCUT2D eigenvalue weighted by Gasteiger charge is -2.20. The fraction of sp³-hybridized carbons (Fsp3) is 0.647. The molecule has 0 spiro atoms. The molecule has 1 atom stereocenters. The third-order valence-electron chi connectivity index (χ3n) is 3.67. The predicted molar refractivity (Wildman–Crippen MR) is 87.9 cm³/mol. The normalized spacial score (nSPS) is 16.6. The van der Waals surface area contributed by atoms with Crippen molar-refractivity contribution >= 4 is 15.9 Å². The molecule has 2 rings (SSSR count). The first-order valence-corrected chi connectivity index (χ1v) is 8.55. The summed E-state index contributed by atoms with van der Waals surface area (Å²) in [5.41, 5.74) is 1.25. The molecule has 1 aliphatic carbocycles. The Bertz CT molecular complexity index is 404. The Hall–Kier alpha value is -0.380. The molecular formula is C17H26BrNO. The highest BCUT2D eigenvalue weighted by atomic mass is 79.9. The number of benzene rings is 1. The van der Waals surface area contributed by atoms with E-state index >= 15 is 0 Å². The quantitative estimate of drug-likeness (QED) is 0.658. The van der Waals surface area contributed by atoms with Gasteiger partial charge in [0, 0.05) is 23.7 Å². The van der Waals surface area contributed by atoms with Crippen molar-refractivity contribution in [2.45, 2.75) is 51.7 Å². The Labute approximate surface area is 131 Å². The second-order valence-corrected chi connectivity index (χ2v) is 6.95. The molecule has 1 unspecified atom stereocenters. The van der Waals surface area contributed by atoms with Gasteiger partial charge in [-0.2, -0.15) is 0 Å². The van der Waals surface area contributed by atoms with Gasteiger partial charge in [-0.1, -0.05) is 48.0 Å². The van der Waals surface area contributed by atoms with Crippen molar-refractivity contribution in [3.8, 4) is 0 Å². The minimum atomic E-state index is 0.151. The molecular weight excluding hydrogens is 314 g/mol. The van der Waals surface area contributed by atoms with E-state index < -0.39 is 0 Å². The van der Waals surface area contributed by atoms with Crippen LogP contribution in [0.2, 0.25) is 0 Å². The lowest BCUT2D eigenvalue weighted by Crippen LogP contribution is -2.25. The Morgan fingerprint density at radius 2 is 2.05 bits per heavy atom. The van der Waals surface area contributed by atoms with Gasteiger partial charge >= 0.3 is 0 Å². The van der Waals surface area contributed by atoms with Crippen molar-refractivity contribution in [2.24, 2.45) is 5.92 Å². The van der Waals surface area contributed by atoms with Crippen molar-refractivity contribution in [2.75, 3.05) is 13.2 Å². The minimum Gasteiger partial charge on any atom is -0.372 e. The molecule has 2 nitrogen and oxygen atoms in total. The first kappa shape index (κ1) is 16.0. The van der Waals surface area contributed by atoms with Gasteiger partial charge in [0.05, 0.1) is 6.10 Å². The second kappa shape index (κ2) is 8.16. The van der Waals surface area contributed by atoms with E-state index in [4.69, 9.17) is 4.74 Å². The highest BCUT2D eigenvalue weighted by Gasteiger charge is 2.23. The number of rotatable bonds is 9. The van der Waals surface area contributed by atoms with Crippen LogP contribution in [0.5, 0.6) is 0 Å². The molecule has 0 saturated heterocycles. The van der Waals surface area contributed by atoms with Gasteiger partial charge in [-0.15, -0.1) is 0 Å². The van der Waals surface area contributed by atoms with Crippen LogP contribution in [0.25, 0.3) is 0 Å². The van der Waals surface area contributed by atoms with Gasteiger partial charge in [0.25, 0.3) is 0 Å². The van der Waals surface area contributed by atoms with E-state index in [0.717, 1.165) is 36.0 Å². The van der Waals surface area contributed by atoms with E-state index in [2.05, 4.69) is 59.4 Å². The smallest absolute Gasteiger partial charge is 0.0960 e. The largest absolute Gasteiger partial charge is 0.372 e. The van der Waals surface area contributed by atoms with Crippen LogP contribution in [0.4, 0.5) is 0 Å². The van der Waals surface area contributed by atoms with E-state index in [1.807, 2.05) is 0 Å². The van der Waals surface area contributed by atoms with Crippen LogP contribution in [0.1, 0.15) is 51.2 Å².